The third-order valence-electron chi connectivity index (χ3n) is 5.01. The zero-order chi connectivity index (χ0) is 18.8. The molecule has 0 amide bonds. The van der Waals surface area contributed by atoms with Crippen LogP contribution < -0.4 is 51.4 Å². The van der Waals surface area contributed by atoms with Crippen LogP contribution in [0.4, 0.5) is 0 Å². The molecule has 26 heavy (non-hydrogen) atoms. The smallest absolute Gasteiger partial charge is 0.748 e. The predicted octanol–water partition coefficient (Wildman–Crippen LogP) is 2.55. The molecule has 0 saturated heterocycles. The summed E-state index contributed by atoms with van der Waals surface area (Å²) in [6, 6.07) is 0. The second-order valence-electron chi connectivity index (χ2n) is 7.47. The fraction of sp³-hybridized carbons (Fsp3) is 1.00. The number of hydrogen-bond donors (Lipinski definition) is 1. The van der Waals surface area contributed by atoms with E-state index in [0.717, 1.165) is 25.7 Å². The minimum absolute atomic E-state index is 0. The Morgan fingerprint density at radius 3 is 1.19 bits per heavy atom. The van der Waals surface area contributed by atoms with Crippen LogP contribution >= 0.6 is 0 Å². The zero-order valence-corrected chi connectivity index (χ0v) is 21.3. The first-order chi connectivity index (χ1) is 12.0. The Morgan fingerprint density at radius 2 is 0.923 bits per heavy atom. The van der Waals surface area contributed by atoms with Gasteiger partial charge in [0.1, 0.15) is 0 Å². The summed E-state index contributed by atoms with van der Waals surface area (Å²) in [6.45, 7) is 1.85. The van der Waals surface area contributed by atoms with Crippen molar-refractivity contribution in [2.45, 2.75) is 121 Å². The van der Waals surface area contributed by atoms with Crippen LogP contribution in [0.15, 0.2) is 0 Å². The Balaban J connectivity index is 0. The number of rotatable bonds is 19. The van der Waals surface area contributed by atoms with Gasteiger partial charge in [0, 0.05) is 11.9 Å². The fourth-order valence-corrected chi connectivity index (χ4v) is 3.62. The Labute approximate surface area is 205 Å². The van der Waals surface area contributed by atoms with Crippen LogP contribution in [0.25, 0.3) is 0 Å². The van der Waals surface area contributed by atoms with Crippen LogP contribution in [-0.2, 0) is 10.1 Å². The van der Waals surface area contributed by atoms with Crippen molar-refractivity contribution in [3.05, 3.63) is 0 Å². The second kappa shape index (κ2) is 21.2. The van der Waals surface area contributed by atoms with Gasteiger partial charge < -0.3 is 9.66 Å². The molecule has 0 rings (SSSR count). The van der Waals surface area contributed by atoms with Crippen LogP contribution in [0.2, 0.25) is 0 Å². The summed E-state index contributed by atoms with van der Waals surface area (Å²) < 4.78 is 32.3. The van der Waals surface area contributed by atoms with Crippen LogP contribution in [0.5, 0.6) is 0 Å². The molecule has 1 unspecified atom stereocenters. The maximum atomic E-state index is 10.8. The molecule has 1 N–H and O–H groups in total. The van der Waals surface area contributed by atoms with Crippen molar-refractivity contribution < 1.29 is 69.5 Å². The Kier molecular flexibility index (Phi) is 24.2. The molecule has 0 bridgehead atoms. The van der Waals surface area contributed by atoms with E-state index < -0.39 is 15.4 Å². The third-order valence-corrected chi connectivity index (χ3v) is 6.23. The van der Waals surface area contributed by atoms with Crippen molar-refractivity contribution in [2.75, 3.05) is 6.61 Å². The van der Waals surface area contributed by atoms with E-state index in [-0.39, 0.29) is 51.4 Å². The molecule has 0 aliphatic rings. The maximum Gasteiger partial charge on any atom is 1.00 e. The summed E-state index contributed by atoms with van der Waals surface area (Å²) in [5.41, 5.74) is 0. The van der Waals surface area contributed by atoms with Gasteiger partial charge in [-0.2, -0.15) is 0 Å². The molecule has 0 spiro atoms. The van der Waals surface area contributed by atoms with E-state index >= 15 is 0 Å². The largest absolute Gasteiger partial charge is 1.00 e. The van der Waals surface area contributed by atoms with Gasteiger partial charge in [0.05, 0.1) is 10.1 Å². The Hall–Kier alpha value is 1.51. The van der Waals surface area contributed by atoms with E-state index in [1.165, 1.54) is 84.0 Å². The first-order valence-corrected chi connectivity index (χ1v) is 12.0. The predicted molar refractivity (Wildman–Crippen MR) is 105 cm³/mol. The summed E-state index contributed by atoms with van der Waals surface area (Å²) in [4.78, 5) is 0. The minimum atomic E-state index is -4.08. The van der Waals surface area contributed by atoms with Gasteiger partial charge in [-0.25, -0.2) is 8.42 Å². The molecule has 0 aromatic rings. The molecule has 0 heterocycles. The van der Waals surface area contributed by atoms with E-state index in [9.17, 15) is 13.0 Å². The quantitative estimate of drug-likeness (QED) is 0.199. The number of unbranched alkanes of at least 4 members (excludes halogenated alkanes) is 15. The molecule has 6 heteroatoms. The topological polar surface area (TPSA) is 77.4 Å². The Morgan fingerprint density at radius 1 is 0.654 bits per heavy atom. The second-order valence-corrected chi connectivity index (χ2v) is 9.26. The molecule has 0 fully saturated rings. The van der Waals surface area contributed by atoms with Crippen molar-refractivity contribution >= 4 is 10.1 Å². The molecule has 0 aliphatic heterocycles. The van der Waals surface area contributed by atoms with E-state index in [1.807, 2.05) is 0 Å². The van der Waals surface area contributed by atoms with Gasteiger partial charge in [-0.15, -0.1) is 0 Å². The zero-order valence-electron chi connectivity index (χ0n) is 17.4. The third kappa shape index (κ3) is 21.8. The monoisotopic (exact) mass is 416 g/mol. The molecule has 0 aliphatic carbocycles. The molecule has 1 atom stereocenters. The molecule has 152 valence electrons. The number of aliphatic hydroxyl groups is 1. The normalized spacial score (nSPS) is 12.7. The van der Waals surface area contributed by atoms with Gasteiger partial charge >= 0.3 is 51.4 Å². The van der Waals surface area contributed by atoms with Crippen molar-refractivity contribution in [3.8, 4) is 0 Å². The van der Waals surface area contributed by atoms with Crippen LogP contribution in [0.1, 0.15) is 116 Å². The van der Waals surface area contributed by atoms with Gasteiger partial charge in [-0.1, -0.05) is 96.3 Å². The van der Waals surface area contributed by atoms with Gasteiger partial charge in [-0.3, -0.25) is 0 Å². The fourth-order valence-electron chi connectivity index (χ4n) is 3.16. The van der Waals surface area contributed by atoms with E-state index in [4.69, 9.17) is 5.11 Å². The standard InChI is InChI=1S/C20H42O4S.K/c1-20(25(22,23)24)18-16-14-12-10-8-6-4-2-3-5-7-9-11-13-15-17-19-21;/h20-21H,2-19H2,1H3,(H,22,23,24);/q;+1/p-1. The maximum absolute atomic E-state index is 10.8. The first kappa shape index (κ1) is 29.7. The van der Waals surface area contributed by atoms with Crippen molar-refractivity contribution in [1.82, 2.24) is 0 Å². The Bertz CT molecular complexity index is 374. The SMILES string of the molecule is CC(CCCCCCCCCCCCCCCCCCO)S(=O)(=O)[O-].[K+]. The van der Waals surface area contributed by atoms with Crippen LogP contribution in [0.3, 0.4) is 0 Å². The van der Waals surface area contributed by atoms with Crippen molar-refractivity contribution in [3.63, 3.8) is 0 Å². The van der Waals surface area contributed by atoms with E-state index in [0.29, 0.717) is 13.0 Å². The number of hydrogen-bond acceptors (Lipinski definition) is 4. The average Bonchev–Trinajstić information content (AvgIpc) is 2.56. The van der Waals surface area contributed by atoms with E-state index in [1.54, 1.807) is 0 Å². The van der Waals surface area contributed by atoms with Crippen molar-refractivity contribution in [2.24, 2.45) is 0 Å². The van der Waals surface area contributed by atoms with Crippen LogP contribution in [-0.4, -0.2) is 29.9 Å². The molecular formula is C20H41KO4S. The first-order valence-electron chi connectivity index (χ1n) is 10.5. The molecular weight excluding hydrogens is 375 g/mol. The van der Waals surface area contributed by atoms with Gasteiger partial charge in [0.2, 0.25) is 0 Å². The summed E-state index contributed by atoms with van der Waals surface area (Å²) >= 11 is 0. The van der Waals surface area contributed by atoms with Crippen LogP contribution in [0, 0.1) is 0 Å². The molecule has 0 aromatic heterocycles. The average molecular weight is 417 g/mol. The molecule has 0 aromatic carbocycles. The summed E-state index contributed by atoms with van der Waals surface area (Å²) in [6.07, 6.45) is 20.2. The summed E-state index contributed by atoms with van der Waals surface area (Å²) in [7, 11) is -4.08. The summed E-state index contributed by atoms with van der Waals surface area (Å²) in [5.74, 6) is 0. The van der Waals surface area contributed by atoms with E-state index in [2.05, 4.69) is 0 Å². The molecule has 0 radical (unpaired) electrons. The summed E-state index contributed by atoms with van der Waals surface area (Å²) in [5, 5.41) is 7.97. The molecule has 4 nitrogen and oxygen atoms in total. The van der Waals surface area contributed by atoms with Gasteiger partial charge in [0.15, 0.2) is 0 Å². The van der Waals surface area contributed by atoms with Gasteiger partial charge in [0.25, 0.3) is 0 Å². The minimum Gasteiger partial charge on any atom is -0.748 e. The van der Waals surface area contributed by atoms with Gasteiger partial charge in [-0.05, 0) is 19.8 Å². The number of aliphatic hydroxyl groups excluding tert-OH is 1. The molecule has 0 saturated carbocycles. The van der Waals surface area contributed by atoms with Crippen molar-refractivity contribution in [1.29, 1.82) is 0 Å².